The molecule has 1 N–H and O–H groups in total. The lowest BCUT2D eigenvalue weighted by Crippen LogP contribution is -2.56. The zero-order valence-corrected chi connectivity index (χ0v) is 16.8. The van der Waals surface area contributed by atoms with E-state index in [4.69, 9.17) is 0 Å². The summed E-state index contributed by atoms with van der Waals surface area (Å²) in [5.74, 6) is -0.303. The van der Waals surface area contributed by atoms with E-state index in [9.17, 15) is 9.59 Å². The highest BCUT2D eigenvalue weighted by Gasteiger charge is 2.29. The molecule has 2 aliphatic rings. The fourth-order valence-electron chi connectivity index (χ4n) is 4.66. The van der Waals surface area contributed by atoms with Crippen LogP contribution < -0.4 is 5.32 Å². The third-order valence-corrected chi connectivity index (χ3v) is 6.13. The molecule has 1 atom stereocenters. The quantitative estimate of drug-likeness (QED) is 0.726. The molecule has 5 rings (SSSR count). The largest absolute Gasteiger partial charge is 0.350 e. The van der Waals surface area contributed by atoms with Crippen molar-refractivity contribution >= 4 is 23.0 Å². The smallest absolute Gasteiger partial charge is 0.256 e. The summed E-state index contributed by atoms with van der Waals surface area (Å²) in [7, 11) is 0. The molecule has 30 heavy (non-hydrogen) atoms. The SMILES string of the molecule is O=C1CN(C(=O)c2cnc3c(c2)ncn3C2CCCC2)C[C@H](Cc2ccccc2)N1. The minimum atomic E-state index is -0.173. The average Bonchev–Trinajstić information content (AvgIpc) is 3.42. The summed E-state index contributed by atoms with van der Waals surface area (Å²) in [5.41, 5.74) is 3.18. The Kier molecular flexibility index (Phi) is 4.94. The van der Waals surface area contributed by atoms with E-state index >= 15 is 0 Å². The highest BCUT2D eigenvalue weighted by atomic mass is 16.2. The molecule has 1 saturated carbocycles. The van der Waals surface area contributed by atoms with E-state index in [1.165, 1.54) is 12.8 Å². The van der Waals surface area contributed by atoms with Gasteiger partial charge < -0.3 is 14.8 Å². The van der Waals surface area contributed by atoms with Crippen LogP contribution in [0.15, 0.2) is 48.9 Å². The second-order valence-electron chi connectivity index (χ2n) is 8.30. The Labute approximate surface area is 175 Å². The zero-order valence-electron chi connectivity index (χ0n) is 16.8. The lowest BCUT2D eigenvalue weighted by Gasteiger charge is -2.33. The number of aromatic nitrogens is 3. The Balaban J connectivity index is 1.34. The van der Waals surface area contributed by atoms with Crippen LogP contribution in [0.1, 0.15) is 47.6 Å². The number of amides is 2. The normalized spacial score (nSPS) is 19.9. The second kappa shape index (κ2) is 7.89. The van der Waals surface area contributed by atoms with Crippen molar-refractivity contribution in [2.75, 3.05) is 13.1 Å². The Hall–Kier alpha value is -3.22. The van der Waals surface area contributed by atoms with Crippen LogP contribution in [0.2, 0.25) is 0 Å². The minimum Gasteiger partial charge on any atom is -0.350 e. The maximum Gasteiger partial charge on any atom is 0.256 e. The van der Waals surface area contributed by atoms with Crippen LogP contribution in [-0.2, 0) is 11.2 Å². The van der Waals surface area contributed by atoms with Gasteiger partial charge in [-0.05, 0) is 30.9 Å². The number of hydrogen-bond donors (Lipinski definition) is 1. The predicted molar refractivity (Wildman–Crippen MR) is 113 cm³/mol. The van der Waals surface area contributed by atoms with E-state index in [1.807, 2.05) is 36.7 Å². The minimum absolute atomic E-state index is 0.0681. The fraction of sp³-hybridized carbons (Fsp3) is 0.391. The first-order valence-corrected chi connectivity index (χ1v) is 10.6. The maximum absolute atomic E-state index is 13.1. The molecular formula is C23H25N5O2. The van der Waals surface area contributed by atoms with Gasteiger partial charge in [0.25, 0.3) is 5.91 Å². The van der Waals surface area contributed by atoms with Gasteiger partial charge in [-0.2, -0.15) is 0 Å². The maximum atomic E-state index is 13.1. The predicted octanol–water partition coefficient (Wildman–Crippen LogP) is 2.73. The summed E-state index contributed by atoms with van der Waals surface area (Å²) in [6.07, 6.45) is 8.94. The topological polar surface area (TPSA) is 80.1 Å². The number of rotatable bonds is 4. The van der Waals surface area contributed by atoms with Crippen LogP contribution in [0, 0.1) is 0 Å². The Morgan fingerprint density at radius 2 is 1.93 bits per heavy atom. The van der Waals surface area contributed by atoms with Crippen molar-refractivity contribution in [3.05, 3.63) is 60.0 Å². The zero-order chi connectivity index (χ0) is 20.5. The van der Waals surface area contributed by atoms with Crippen LogP contribution in [0.3, 0.4) is 0 Å². The summed E-state index contributed by atoms with van der Waals surface area (Å²) in [6.45, 7) is 0.548. The molecule has 1 aromatic carbocycles. The van der Waals surface area contributed by atoms with Crippen molar-refractivity contribution in [2.45, 2.75) is 44.2 Å². The van der Waals surface area contributed by atoms with Crippen molar-refractivity contribution in [3.8, 4) is 0 Å². The molecule has 3 heterocycles. The monoisotopic (exact) mass is 403 g/mol. The van der Waals surface area contributed by atoms with Crippen LogP contribution in [0.4, 0.5) is 0 Å². The van der Waals surface area contributed by atoms with Gasteiger partial charge in [0, 0.05) is 18.8 Å². The first-order chi connectivity index (χ1) is 14.7. The van der Waals surface area contributed by atoms with Crippen LogP contribution in [0.25, 0.3) is 11.2 Å². The summed E-state index contributed by atoms with van der Waals surface area (Å²) < 4.78 is 2.14. The Morgan fingerprint density at radius 3 is 2.73 bits per heavy atom. The van der Waals surface area contributed by atoms with Gasteiger partial charge >= 0.3 is 0 Å². The number of pyridine rings is 1. The molecule has 154 valence electrons. The van der Waals surface area contributed by atoms with Crippen molar-refractivity contribution in [2.24, 2.45) is 0 Å². The summed E-state index contributed by atoms with van der Waals surface area (Å²) in [4.78, 5) is 36.0. The average molecular weight is 403 g/mol. The summed E-state index contributed by atoms with van der Waals surface area (Å²) >= 11 is 0. The first-order valence-electron chi connectivity index (χ1n) is 10.6. The molecule has 1 aliphatic carbocycles. The van der Waals surface area contributed by atoms with E-state index < -0.39 is 0 Å². The number of nitrogens with one attached hydrogen (secondary N) is 1. The number of fused-ring (bicyclic) bond motifs is 1. The highest BCUT2D eigenvalue weighted by molar-refractivity contribution is 5.98. The van der Waals surface area contributed by atoms with Crippen molar-refractivity contribution in [1.29, 1.82) is 0 Å². The van der Waals surface area contributed by atoms with Gasteiger partial charge in [-0.15, -0.1) is 0 Å². The van der Waals surface area contributed by atoms with E-state index in [2.05, 4.69) is 19.9 Å². The number of imidazole rings is 1. The molecule has 2 fully saturated rings. The van der Waals surface area contributed by atoms with E-state index in [0.717, 1.165) is 29.6 Å². The molecule has 0 radical (unpaired) electrons. The number of carbonyl (C=O) groups excluding carboxylic acids is 2. The van der Waals surface area contributed by atoms with Crippen molar-refractivity contribution in [1.82, 2.24) is 24.8 Å². The molecule has 2 aromatic heterocycles. The van der Waals surface area contributed by atoms with Crippen molar-refractivity contribution < 1.29 is 9.59 Å². The van der Waals surface area contributed by atoms with Crippen LogP contribution in [-0.4, -0.2) is 50.4 Å². The lowest BCUT2D eigenvalue weighted by molar-refractivity contribution is -0.124. The molecule has 1 saturated heterocycles. The molecule has 0 unspecified atom stereocenters. The molecule has 7 heteroatoms. The molecule has 2 amide bonds. The Morgan fingerprint density at radius 1 is 1.13 bits per heavy atom. The lowest BCUT2D eigenvalue weighted by atomic mass is 10.0. The number of piperazine rings is 1. The van der Waals surface area contributed by atoms with Gasteiger partial charge in [0.2, 0.25) is 5.91 Å². The number of carbonyl (C=O) groups is 2. The third kappa shape index (κ3) is 3.67. The fourth-order valence-corrected chi connectivity index (χ4v) is 4.66. The molecular weight excluding hydrogens is 378 g/mol. The van der Waals surface area contributed by atoms with Gasteiger partial charge in [0.1, 0.15) is 5.52 Å². The van der Waals surface area contributed by atoms with E-state index in [-0.39, 0.29) is 24.4 Å². The second-order valence-corrected chi connectivity index (χ2v) is 8.30. The molecule has 3 aromatic rings. The van der Waals surface area contributed by atoms with Crippen LogP contribution in [0.5, 0.6) is 0 Å². The summed E-state index contributed by atoms with van der Waals surface area (Å²) in [6, 6.07) is 12.1. The number of nitrogens with zero attached hydrogens (tertiary/aromatic N) is 4. The van der Waals surface area contributed by atoms with Crippen molar-refractivity contribution in [3.63, 3.8) is 0 Å². The number of hydrogen-bond acceptors (Lipinski definition) is 4. The van der Waals surface area contributed by atoms with E-state index in [0.29, 0.717) is 24.6 Å². The summed E-state index contributed by atoms with van der Waals surface area (Å²) in [5, 5.41) is 3.00. The molecule has 7 nitrogen and oxygen atoms in total. The van der Waals surface area contributed by atoms with Gasteiger partial charge in [0.05, 0.1) is 24.5 Å². The van der Waals surface area contributed by atoms with Gasteiger partial charge in [-0.3, -0.25) is 9.59 Å². The molecule has 0 spiro atoms. The third-order valence-electron chi connectivity index (χ3n) is 6.13. The van der Waals surface area contributed by atoms with Gasteiger partial charge in [0.15, 0.2) is 5.65 Å². The van der Waals surface area contributed by atoms with Gasteiger partial charge in [-0.25, -0.2) is 9.97 Å². The van der Waals surface area contributed by atoms with Gasteiger partial charge in [-0.1, -0.05) is 43.2 Å². The standard InChI is InChI=1S/C23H25N5O2/c29-21-14-27(13-18(26-21)10-16-6-2-1-3-7-16)23(30)17-11-20-22(24-12-17)28(15-25-20)19-8-4-5-9-19/h1-3,6-7,11-12,15,18-19H,4-5,8-10,13-14H2,(H,26,29)/t18-/m0/s1. The first kappa shape index (κ1) is 18.8. The molecule has 1 aliphatic heterocycles. The highest BCUT2D eigenvalue weighted by Crippen LogP contribution is 2.31. The van der Waals surface area contributed by atoms with Crippen LogP contribution >= 0.6 is 0 Å². The van der Waals surface area contributed by atoms with E-state index in [1.54, 1.807) is 17.2 Å². The Bertz CT molecular complexity index is 1070. The number of benzene rings is 1. The molecule has 0 bridgehead atoms.